The van der Waals surface area contributed by atoms with Crippen LogP contribution in [-0.2, 0) is 11.2 Å². The molecule has 0 aliphatic heterocycles. The fourth-order valence-electron chi connectivity index (χ4n) is 2.81. The number of carbonyl (C=O) groups excluding carboxylic acids is 2. The van der Waals surface area contributed by atoms with Crippen LogP contribution in [0.3, 0.4) is 0 Å². The van der Waals surface area contributed by atoms with Crippen LogP contribution in [0.25, 0.3) is 0 Å². The Bertz CT molecular complexity index is 956. The summed E-state index contributed by atoms with van der Waals surface area (Å²) in [5, 5.41) is 3.33. The largest absolute Gasteiger partial charge is 0.466 e. The van der Waals surface area contributed by atoms with Crippen molar-refractivity contribution >= 4 is 28.2 Å². The van der Waals surface area contributed by atoms with Crippen molar-refractivity contribution in [1.29, 1.82) is 0 Å². The Morgan fingerprint density at radius 2 is 1.85 bits per heavy atom. The Labute approximate surface area is 162 Å². The molecule has 0 fully saturated rings. The zero-order valence-electron chi connectivity index (χ0n) is 15.5. The molecule has 6 heteroatoms. The highest BCUT2D eigenvalue weighted by molar-refractivity contribution is 7.16. The SMILES string of the molecule is CCOC(=O)c1cc(Cc2ccccc2)sc1NC(=O)c1cc(C)oc1C. The van der Waals surface area contributed by atoms with Gasteiger partial charge in [0.2, 0.25) is 0 Å². The first-order chi connectivity index (χ1) is 13.0. The van der Waals surface area contributed by atoms with E-state index in [1.165, 1.54) is 11.3 Å². The van der Waals surface area contributed by atoms with Crippen LogP contribution in [0, 0.1) is 13.8 Å². The molecule has 1 aromatic carbocycles. The second-order valence-corrected chi connectivity index (χ2v) is 7.26. The molecule has 27 heavy (non-hydrogen) atoms. The Morgan fingerprint density at radius 1 is 1.11 bits per heavy atom. The van der Waals surface area contributed by atoms with Crippen molar-refractivity contribution in [2.75, 3.05) is 11.9 Å². The van der Waals surface area contributed by atoms with E-state index in [9.17, 15) is 9.59 Å². The highest BCUT2D eigenvalue weighted by Gasteiger charge is 2.21. The lowest BCUT2D eigenvalue weighted by Gasteiger charge is -2.05. The minimum Gasteiger partial charge on any atom is -0.466 e. The minimum absolute atomic E-state index is 0.274. The second kappa shape index (κ2) is 8.22. The molecular formula is C21H21NO4S. The summed E-state index contributed by atoms with van der Waals surface area (Å²) in [6, 6.07) is 13.4. The Kier molecular flexibility index (Phi) is 5.76. The van der Waals surface area contributed by atoms with Crippen molar-refractivity contribution in [2.45, 2.75) is 27.2 Å². The summed E-state index contributed by atoms with van der Waals surface area (Å²) in [4.78, 5) is 25.9. The predicted octanol–water partition coefficient (Wildman–Crippen LogP) is 4.98. The smallest absolute Gasteiger partial charge is 0.341 e. The number of furan rings is 1. The molecule has 1 amide bonds. The summed E-state index contributed by atoms with van der Waals surface area (Å²) in [7, 11) is 0. The maximum atomic E-state index is 12.6. The van der Waals surface area contributed by atoms with Crippen LogP contribution < -0.4 is 5.32 Å². The van der Waals surface area contributed by atoms with E-state index in [1.54, 1.807) is 32.9 Å². The molecule has 3 aromatic rings. The average Bonchev–Trinajstić information content (AvgIpc) is 3.18. The first-order valence-electron chi connectivity index (χ1n) is 8.70. The second-order valence-electron chi connectivity index (χ2n) is 6.12. The number of aryl methyl sites for hydroxylation is 2. The number of hydrogen-bond donors (Lipinski definition) is 1. The fourth-order valence-corrected chi connectivity index (χ4v) is 3.88. The number of thiophene rings is 1. The lowest BCUT2D eigenvalue weighted by Crippen LogP contribution is -2.14. The van der Waals surface area contributed by atoms with E-state index in [2.05, 4.69) is 5.32 Å². The highest BCUT2D eigenvalue weighted by Crippen LogP contribution is 2.31. The lowest BCUT2D eigenvalue weighted by atomic mass is 10.1. The minimum atomic E-state index is -0.441. The van der Waals surface area contributed by atoms with Crippen LogP contribution in [0.15, 0.2) is 46.9 Å². The molecule has 2 aromatic heterocycles. The topological polar surface area (TPSA) is 68.5 Å². The van der Waals surface area contributed by atoms with Gasteiger partial charge in [-0.15, -0.1) is 11.3 Å². The summed E-state index contributed by atoms with van der Waals surface area (Å²) in [5.41, 5.74) is 1.97. The molecule has 2 heterocycles. The molecule has 0 spiro atoms. The van der Waals surface area contributed by atoms with Gasteiger partial charge in [0, 0.05) is 11.3 Å². The maximum absolute atomic E-state index is 12.6. The van der Waals surface area contributed by atoms with Crippen molar-refractivity contribution in [1.82, 2.24) is 0 Å². The molecule has 3 rings (SSSR count). The summed E-state index contributed by atoms with van der Waals surface area (Å²) >= 11 is 1.38. The third-order valence-corrected chi connectivity index (χ3v) is 5.06. The molecule has 5 nitrogen and oxygen atoms in total. The standard InChI is InChI=1S/C21H21NO4S/c1-4-25-21(24)18-12-16(11-15-8-6-5-7-9-15)27-20(18)22-19(23)17-10-13(2)26-14(17)3/h5-10,12H,4,11H2,1-3H3,(H,22,23). The maximum Gasteiger partial charge on any atom is 0.341 e. The molecule has 1 N–H and O–H groups in total. The third-order valence-electron chi connectivity index (χ3n) is 4.01. The number of benzene rings is 1. The van der Waals surface area contributed by atoms with Gasteiger partial charge >= 0.3 is 5.97 Å². The highest BCUT2D eigenvalue weighted by atomic mass is 32.1. The van der Waals surface area contributed by atoms with E-state index in [0.29, 0.717) is 34.1 Å². The van der Waals surface area contributed by atoms with Crippen LogP contribution in [0.5, 0.6) is 0 Å². The van der Waals surface area contributed by atoms with Gasteiger partial charge in [0.25, 0.3) is 5.91 Å². The summed E-state index contributed by atoms with van der Waals surface area (Å²) in [5.74, 6) is 0.467. The average molecular weight is 383 g/mol. The summed E-state index contributed by atoms with van der Waals surface area (Å²) in [6.07, 6.45) is 0.678. The first-order valence-corrected chi connectivity index (χ1v) is 9.51. The van der Waals surface area contributed by atoms with E-state index in [-0.39, 0.29) is 12.5 Å². The first kappa shape index (κ1) is 18.9. The number of hydrogen-bond acceptors (Lipinski definition) is 5. The van der Waals surface area contributed by atoms with Crippen LogP contribution in [-0.4, -0.2) is 18.5 Å². The van der Waals surface area contributed by atoms with Gasteiger partial charge in [-0.3, -0.25) is 4.79 Å². The van der Waals surface area contributed by atoms with Crippen molar-refractivity contribution in [3.05, 3.63) is 75.6 Å². The molecule has 140 valence electrons. The fraction of sp³-hybridized carbons (Fsp3) is 0.238. The zero-order valence-corrected chi connectivity index (χ0v) is 16.3. The number of nitrogens with one attached hydrogen (secondary N) is 1. The quantitative estimate of drug-likeness (QED) is 0.610. The number of esters is 1. The Balaban J connectivity index is 1.88. The van der Waals surface area contributed by atoms with E-state index >= 15 is 0 Å². The number of rotatable bonds is 6. The van der Waals surface area contributed by atoms with Crippen LogP contribution >= 0.6 is 11.3 Å². The van der Waals surface area contributed by atoms with E-state index in [0.717, 1.165) is 10.4 Å². The lowest BCUT2D eigenvalue weighted by molar-refractivity contribution is 0.0528. The van der Waals surface area contributed by atoms with Gasteiger partial charge in [-0.05, 0) is 38.5 Å². The van der Waals surface area contributed by atoms with Crippen molar-refractivity contribution < 1.29 is 18.7 Å². The van der Waals surface area contributed by atoms with Gasteiger partial charge < -0.3 is 14.5 Å². The van der Waals surface area contributed by atoms with Gasteiger partial charge in [-0.25, -0.2) is 4.79 Å². The Hall–Kier alpha value is -2.86. The number of anilines is 1. The van der Waals surface area contributed by atoms with E-state index in [4.69, 9.17) is 9.15 Å². The summed E-state index contributed by atoms with van der Waals surface area (Å²) in [6.45, 7) is 5.56. The van der Waals surface area contributed by atoms with E-state index < -0.39 is 5.97 Å². The van der Waals surface area contributed by atoms with Gasteiger partial charge in [0.15, 0.2) is 0 Å². The predicted molar refractivity (Wildman–Crippen MR) is 106 cm³/mol. The van der Waals surface area contributed by atoms with Gasteiger partial charge in [-0.2, -0.15) is 0 Å². The third kappa shape index (κ3) is 4.46. The Morgan fingerprint density at radius 3 is 2.48 bits per heavy atom. The molecule has 0 saturated heterocycles. The normalized spacial score (nSPS) is 10.6. The molecule has 0 radical (unpaired) electrons. The molecule has 0 aliphatic carbocycles. The van der Waals surface area contributed by atoms with Gasteiger partial charge in [0.1, 0.15) is 16.5 Å². The van der Waals surface area contributed by atoms with Gasteiger partial charge in [0.05, 0.1) is 17.7 Å². The van der Waals surface area contributed by atoms with Crippen molar-refractivity contribution in [3.8, 4) is 0 Å². The molecule has 0 unspecified atom stereocenters. The van der Waals surface area contributed by atoms with Crippen molar-refractivity contribution in [3.63, 3.8) is 0 Å². The monoisotopic (exact) mass is 383 g/mol. The molecule has 0 saturated carbocycles. The molecule has 0 atom stereocenters. The molecule has 0 aliphatic rings. The van der Waals surface area contributed by atoms with Crippen LogP contribution in [0.2, 0.25) is 0 Å². The number of amides is 1. The van der Waals surface area contributed by atoms with Crippen LogP contribution in [0.1, 0.15) is 49.6 Å². The van der Waals surface area contributed by atoms with Crippen molar-refractivity contribution in [2.24, 2.45) is 0 Å². The summed E-state index contributed by atoms with van der Waals surface area (Å²) < 4.78 is 10.6. The molecule has 0 bridgehead atoms. The number of ether oxygens (including phenoxy) is 1. The molecular weight excluding hydrogens is 362 g/mol. The number of carbonyl (C=O) groups is 2. The zero-order chi connectivity index (χ0) is 19.4. The van der Waals surface area contributed by atoms with E-state index in [1.807, 2.05) is 30.3 Å². The van der Waals surface area contributed by atoms with Crippen LogP contribution in [0.4, 0.5) is 5.00 Å². The van der Waals surface area contributed by atoms with Gasteiger partial charge in [-0.1, -0.05) is 30.3 Å².